The first-order chi connectivity index (χ1) is 9.33. The Morgan fingerprint density at radius 1 is 1.42 bits per heavy atom. The van der Waals surface area contributed by atoms with Crippen LogP contribution in [0, 0.1) is 0 Å². The van der Waals surface area contributed by atoms with E-state index in [1.54, 1.807) is 6.20 Å². The number of nitrogens with zero attached hydrogens (tertiary/aromatic N) is 1. The normalized spacial score (nSPS) is 19.5. The highest BCUT2D eigenvalue weighted by Crippen LogP contribution is 2.16. The number of carbonyl (C=O) groups excluding carboxylic acids is 1. The van der Waals surface area contributed by atoms with Crippen LogP contribution in [-0.4, -0.2) is 36.6 Å². The molecular weight excluding hydrogens is 240 g/mol. The van der Waals surface area contributed by atoms with Gasteiger partial charge in [0.1, 0.15) is 0 Å². The zero-order valence-electron chi connectivity index (χ0n) is 10.6. The van der Waals surface area contributed by atoms with Gasteiger partial charge in [-0.1, -0.05) is 6.07 Å². The number of morpholine rings is 1. The lowest BCUT2D eigenvalue weighted by Crippen LogP contribution is -2.39. The fourth-order valence-corrected chi connectivity index (χ4v) is 2.32. The molecule has 4 heteroatoms. The molecule has 1 saturated heterocycles. The van der Waals surface area contributed by atoms with Gasteiger partial charge in [0.2, 0.25) is 0 Å². The van der Waals surface area contributed by atoms with Crippen molar-refractivity contribution < 1.29 is 9.53 Å². The summed E-state index contributed by atoms with van der Waals surface area (Å²) in [5.41, 5.74) is 1.64. The first kappa shape index (κ1) is 12.3. The van der Waals surface area contributed by atoms with Gasteiger partial charge in [0.25, 0.3) is 0 Å². The summed E-state index contributed by atoms with van der Waals surface area (Å²) >= 11 is 0. The van der Waals surface area contributed by atoms with Crippen LogP contribution >= 0.6 is 0 Å². The smallest absolute Gasteiger partial charge is 0.165 e. The Labute approximate surface area is 111 Å². The van der Waals surface area contributed by atoms with Crippen molar-refractivity contribution in [3.05, 3.63) is 42.1 Å². The zero-order valence-corrected chi connectivity index (χ0v) is 10.6. The number of aromatic nitrogens is 1. The molecule has 0 amide bonds. The number of rotatable bonds is 3. The van der Waals surface area contributed by atoms with E-state index in [1.165, 1.54) is 0 Å². The third-order valence-corrected chi connectivity index (χ3v) is 3.34. The lowest BCUT2D eigenvalue weighted by Gasteiger charge is -2.22. The monoisotopic (exact) mass is 256 g/mol. The third kappa shape index (κ3) is 2.80. The van der Waals surface area contributed by atoms with E-state index in [0.29, 0.717) is 13.0 Å². The molecular formula is C15H16N2O2. The lowest BCUT2D eigenvalue weighted by atomic mass is 10.0. The lowest BCUT2D eigenvalue weighted by molar-refractivity contribution is 0.0240. The zero-order chi connectivity index (χ0) is 13.1. The summed E-state index contributed by atoms with van der Waals surface area (Å²) in [5.74, 6) is 0.124. The molecule has 2 heterocycles. The second-order valence-corrected chi connectivity index (χ2v) is 4.74. The van der Waals surface area contributed by atoms with Crippen molar-refractivity contribution in [2.24, 2.45) is 0 Å². The van der Waals surface area contributed by atoms with Crippen molar-refractivity contribution in [3.63, 3.8) is 0 Å². The molecule has 4 nitrogen and oxygen atoms in total. The number of hydrogen-bond acceptors (Lipinski definition) is 4. The number of ether oxygens (including phenoxy) is 1. The molecule has 2 aromatic rings. The Morgan fingerprint density at radius 3 is 3.21 bits per heavy atom. The Balaban J connectivity index is 1.77. The number of fused-ring (bicyclic) bond motifs is 1. The van der Waals surface area contributed by atoms with E-state index in [9.17, 15) is 4.79 Å². The van der Waals surface area contributed by atoms with Crippen LogP contribution in [0.15, 0.2) is 36.5 Å². The van der Waals surface area contributed by atoms with Gasteiger partial charge in [-0.2, -0.15) is 0 Å². The SMILES string of the molecule is O=C(CC1CNCCO1)c1ccc2ncccc2c1. The van der Waals surface area contributed by atoms with Crippen molar-refractivity contribution in [3.8, 4) is 0 Å². The Kier molecular flexibility index (Phi) is 3.53. The van der Waals surface area contributed by atoms with E-state index in [0.717, 1.165) is 29.6 Å². The number of ketones is 1. The van der Waals surface area contributed by atoms with Gasteiger partial charge in [0.15, 0.2) is 5.78 Å². The maximum atomic E-state index is 12.2. The molecule has 19 heavy (non-hydrogen) atoms. The van der Waals surface area contributed by atoms with Crippen LogP contribution < -0.4 is 5.32 Å². The largest absolute Gasteiger partial charge is 0.375 e. The molecule has 1 unspecified atom stereocenters. The van der Waals surface area contributed by atoms with Crippen LogP contribution in [0.5, 0.6) is 0 Å². The standard InChI is InChI=1S/C15H16N2O2/c18-15(9-13-10-16-6-7-19-13)12-3-4-14-11(8-12)2-1-5-17-14/h1-5,8,13,16H,6-7,9-10H2. The van der Waals surface area contributed by atoms with Gasteiger partial charge < -0.3 is 10.1 Å². The van der Waals surface area contributed by atoms with E-state index in [2.05, 4.69) is 10.3 Å². The van der Waals surface area contributed by atoms with Gasteiger partial charge in [-0.25, -0.2) is 0 Å². The summed E-state index contributed by atoms with van der Waals surface area (Å²) in [4.78, 5) is 16.5. The number of Topliss-reactive ketones (excluding diaryl/α,β-unsaturated/α-hetero) is 1. The maximum absolute atomic E-state index is 12.2. The Hall–Kier alpha value is -1.78. The van der Waals surface area contributed by atoms with Crippen molar-refractivity contribution in [1.29, 1.82) is 0 Å². The second-order valence-electron chi connectivity index (χ2n) is 4.74. The molecule has 1 atom stereocenters. The van der Waals surface area contributed by atoms with Crippen LogP contribution in [0.1, 0.15) is 16.8 Å². The fraction of sp³-hybridized carbons (Fsp3) is 0.333. The average Bonchev–Trinajstić information content (AvgIpc) is 2.48. The van der Waals surface area contributed by atoms with Crippen LogP contribution in [0.25, 0.3) is 10.9 Å². The third-order valence-electron chi connectivity index (χ3n) is 3.34. The molecule has 1 aromatic heterocycles. The second kappa shape index (κ2) is 5.47. The van der Waals surface area contributed by atoms with Crippen molar-refractivity contribution in [2.75, 3.05) is 19.7 Å². The molecule has 0 radical (unpaired) electrons. The van der Waals surface area contributed by atoms with E-state index >= 15 is 0 Å². The minimum absolute atomic E-state index is 0.00848. The summed E-state index contributed by atoms with van der Waals surface area (Å²) in [6, 6.07) is 9.49. The number of nitrogens with one attached hydrogen (secondary N) is 1. The molecule has 0 spiro atoms. The summed E-state index contributed by atoms with van der Waals surface area (Å²) < 4.78 is 5.56. The Bertz CT molecular complexity index is 591. The first-order valence-corrected chi connectivity index (χ1v) is 6.53. The van der Waals surface area contributed by atoms with Crippen molar-refractivity contribution in [2.45, 2.75) is 12.5 Å². The molecule has 1 aliphatic heterocycles. The minimum atomic E-state index is -0.00848. The number of pyridine rings is 1. The predicted molar refractivity (Wildman–Crippen MR) is 73.3 cm³/mol. The summed E-state index contributed by atoms with van der Waals surface area (Å²) in [6.45, 7) is 2.30. The number of carbonyl (C=O) groups is 1. The van der Waals surface area contributed by atoms with Gasteiger partial charge in [-0.3, -0.25) is 9.78 Å². The number of benzene rings is 1. The van der Waals surface area contributed by atoms with Gasteiger partial charge in [-0.15, -0.1) is 0 Å². The van der Waals surface area contributed by atoms with Crippen LogP contribution in [-0.2, 0) is 4.74 Å². The molecule has 0 saturated carbocycles. The quantitative estimate of drug-likeness (QED) is 0.851. The maximum Gasteiger partial charge on any atom is 0.165 e. The molecule has 1 aliphatic rings. The molecule has 98 valence electrons. The summed E-state index contributed by atoms with van der Waals surface area (Å²) in [6.07, 6.45) is 2.18. The molecule has 1 aromatic carbocycles. The fourth-order valence-electron chi connectivity index (χ4n) is 2.32. The molecule has 1 N–H and O–H groups in total. The summed E-state index contributed by atoms with van der Waals surface area (Å²) in [7, 11) is 0. The van der Waals surface area contributed by atoms with E-state index in [-0.39, 0.29) is 11.9 Å². The van der Waals surface area contributed by atoms with Gasteiger partial charge in [0, 0.05) is 36.7 Å². The molecule has 1 fully saturated rings. The highest BCUT2D eigenvalue weighted by molar-refractivity contribution is 5.99. The van der Waals surface area contributed by atoms with Crippen molar-refractivity contribution in [1.82, 2.24) is 10.3 Å². The molecule has 3 rings (SSSR count). The van der Waals surface area contributed by atoms with Gasteiger partial charge >= 0.3 is 0 Å². The van der Waals surface area contributed by atoms with Gasteiger partial charge in [-0.05, 0) is 24.3 Å². The Morgan fingerprint density at radius 2 is 2.37 bits per heavy atom. The molecule has 0 bridgehead atoms. The number of hydrogen-bond donors (Lipinski definition) is 1. The van der Waals surface area contributed by atoms with Crippen LogP contribution in [0.4, 0.5) is 0 Å². The predicted octanol–water partition coefficient (Wildman–Crippen LogP) is 1.80. The highest BCUT2D eigenvalue weighted by Gasteiger charge is 2.18. The highest BCUT2D eigenvalue weighted by atomic mass is 16.5. The first-order valence-electron chi connectivity index (χ1n) is 6.53. The van der Waals surface area contributed by atoms with E-state index in [4.69, 9.17) is 4.74 Å². The van der Waals surface area contributed by atoms with Gasteiger partial charge in [0.05, 0.1) is 18.2 Å². The average molecular weight is 256 g/mol. The minimum Gasteiger partial charge on any atom is -0.375 e. The van der Waals surface area contributed by atoms with E-state index < -0.39 is 0 Å². The van der Waals surface area contributed by atoms with Crippen LogP contribution in [0.2, 0.25) is 0 Å². The van der Waals surface area contributed by atoms with Crippen molar-refractivity contribution >= 4 is 16.7 Å². The summed E-state index contributed by atoms with van der Waals surface area (Å²) in [5, 5.41) is 4.23. The topological polar surface area (TPSA) is 51.2 Å². The molecule has 0 aliphatic carbocycles. The van der Waals surface area contributed by atoms with Crippen LogP contribution in [0.3, 0.4) is 0 Å². The van der Waals surface area contributed by atoms with E-state index in [1.807, 2.05) is 30.3 Å².